The Labute approximate surface area is 475 Å². The van der Waals surface area contributed by atoms with Crippen LogP contribution in [0.1, 0.15) is 158 Å². The minimum Gasteiger partial charge on any atom is -0.458 e. The third-order valence-corrected chi connectivity index (χ3v) is 14.6. The number of unbranched alkanes of at least 4 members (excludes halogenated alkanes) is 4. The van der Waals surface area contributed by atoms with E-state index < -0.39 is 73.4 Å². The van der Waals surface area contributed by atoms with Crippen molar-refractivity contribution in [1.29, 1.82) is 6.69 Å². The van der Waals surface area contributed by atoms with E-state index >= 15 is 0 Å². The first-order valence-electron chi connectivity index (χ1n) is 28.2. The summed E-state index contributed by atoms with van der Waals surface area (Å²) in [6.45, 7) is 17.8. The highest BCUT2D eigenvalue weighted by Gasteiger charge is 2.50. The second-order valence-corrected chi connectivity index (χ2v) is 22.5. The number of fused-ring (bicyclic) bond motifs is 1. The van der Waals surface area contributed by atoms with E-state index in [9.17, 15) is 43.6 Å². The van der Waals surface area contributed by atoms with Crippen molar-refractivity contribution in [2.45, 2.75) is 189 Å². The largest absolute Gasteiger partial charge is 0.458 e. The van der Waals surface area contributed by atoms with Crippen LogP contribution in [-0.2, 0) is 49.0 Å². The Morgan fingerprint density at radius 3 is 2.28 bits per heavy atom. The van der Waals surface area contributed by atoms with E-state index in [-0.39, 0.29) is 116 Å². The van der Waals surface area contributed by atoms with Gasteiger partial charge in [0.15, 0.2) is 17.4 Å². The lowest BCUT2D eigenvalue weighted by Crippen LogP contribution is -2.44. The Balaban J connectivity index is 0.00000731. The maximum Gasteiger partial charge on any atom is 0.330 e. The van der Waals surface area contributed by atoms with Crippen LogP contribution in [0.2, 0.25) is 0 Å². The summed E-state index contributed by atoms with van der Waals surface area (Å²) in [4.78, 5) is 122. The number of ketones is 1. The number of rotatable bonds is 31. The highest BCUT2D eigenvalue weighted by atomic mass is 31.2. The first-order chi connectivity index (χ1) is 39.4. The van der Waals surface area contributed by atoms with E-state index in [0.29, 0.717) is 24.9 Å². The van der Waals surface area contributed by atoms with Crippen LogP contribution < -0.4 is 32.3 Å². The molecule has 0 saturated carbocycles. The summed E-state index contributed by atoms with van der Waals surface area (Å²) in [5, 5.41) is 19.3. The molecule has 1 aliphatic heterocycles. The number of aromatic nitrogens is 6. The van der Waals surface area contributed by atoms with Gasteiger partial charge in [0.2, 0.25) is 19.2 Å². The normalized spacial score (nSPS) is 17.2. The second kappa shape index (κ2) is 31.5. The Bertz CT molecular complexity index is 3000. The van der Waals surface area contributed by atoms with Crippen molar-refractivity contribution in [2.75, 3.05) is 30.0 Å². The van der Waals surface area contributed by atoms with Gasteiger partial charge in [0.25, 0.3) is 25.6 Å². The van der Waals surface area contributed by atoms with E-state index in [1.54, 1.807) is 46.8 Å². The standard InChI is InChI=1S/C54H76N11O14P.CH4/c1-32(2)47(70)61-52-60-46-43(49(72)62-52)57-37(29-56-46)30-64(35(7)67)38-20-18-36(19-21-38)48(71)58-40(51(73)78-54(8,9)10)23-22-39(68)17-14-12-11-13-15-27-75-45-44(79-80(76-28-16-25-55)65(33(3)4)34(5)6)41(31-66)77-50(45)63-26-24-42(69)59-53(63)74;/h18-21,24,26,29,32-34,40-41,44-45,50,66H,11-17,22-23,27-28,30-31H2,1-10H3,(H,58,71)(H,59,69,74)(H2,56,60,61,62,70,72);1H4/t40-,41-,44?,45+,50-,80?;/m1./s1/i66D;1T. The van der Waals surface area contributed by atoms with Gasteiger partial charge in [0.05, 0.1) is 44.1 Å². The lowest BCUT2D eigenvalue weighted by Gasteiger charge is -2.38. The molecule has 444 valence electrons. The molecule has 2 unspecified atom stereocenters. The summed E-state index contributed by atoms with van der Waals surface area (Å²) in [7, 11) is -0.558. The van der Waals surface area contributed by atoms with Crippen LogP contribution in [-0.4, -0.2) is 132 Å². The van der Waals surface area contributed by atoms with Crippen LogP contribution in [0.3, 0.4) is 0 Å². The number of nitriles is 1. The van der Waals surface area contributed by atoms with Crippen molar-refractivity contribution >= 4 is 60.8 Å². The predicted molar refractivity (Wildman–Crippen MR) is 303 cm³/mol. The van der Waals surface area contributed by atoms with Gasteiger partial charge in [-0.15, -0.1) is 0 Å². The molecule has 25 nitrogen and oxygen atoms in total. The molecular formula is C55H80N11O14P. The zero-order valence-electron chi connectivity index (χ0n) is 50.1. The number of carbonyl (C=O) groups is 5. The predicted octanol–water partition coefficient (Wildman–Crippen LogP) is 6.11. The number of aliphatic hydroxyl groups excluding tert-OH is 1. The first kappa shape index (κ1) is 63.5. The molecule has 4 aromatic rings. The van der Waals surface area contributed by atoms with Crippen LogP contribution in [0, 0.1) is 17.2 Å². The molecule has 6 atom stereocenters. The third kappa shape index (κ3) is 19.8. The van der Waals surface area contributed by atoms with Gasteiger partial charge >= 0.3 is 11.7 Å². The minimum atomic E-state index is -1.81. The van der Waals surface area contributed by atoms with Crippen molar-refractivity contribution < 1.29 is 53.7 Å². The fraction of sp³-hybridized carbons (Fsp3) is 0.600. The number of esters is 1. The number of nitrogens with zero attached hydrogens (tertiary/aromatic N) is 7. The molecule has 81 heavy (non-hydrogen) atoms. The molecule has 5 rings (SSSR count). The van der Waals surface area contributed by atoms with Gasteiger partial charge in [-0.2, -0.15) is 10.2 Å². The van der Waals surface area contributed by atoms with E-state index in [1.807, 2.05) is 32.4 Å². The van der Waals surface area contributed by atoms with Gasteiger partial charge in [-0.25, -0.2) is 24.2 Å². The summed E-state index contributed by atoms with van der Waals surface area (Å²) >= 11 is 0. The van der Waals surface area contributed by atoms with Gasteiger partial charge in [-0.1, -0.05) is 40.5 Å². The van der Waals surface area contributed by atoms with Crippen LogP contribution in [0.4, 0.5) is 11.6 Å². The number of benzene rings is 1. The van der Waals surface area contributed by atoms with Gasteiger partial charge in [0, 0.05) is 69.3 Å². The fourth-order valence-electron chi connectivity index (χ4n) is 8.55. The molecule has 3 amide bonds. The Morgan fingerprint density at radius 1 is 0.963 bits per heavy atom. The smallest absolute Gasteiger partial charge is 0.330 e. The average Bonchev–Trinajstić information content (AvgIpc) is 4.03. The number of amides is 3. The molecule has 1 saturated heterocycles. The molecule has 1 aromatic carbocycles. The number of nitrogens with one attached hydrogen (secondary N) is 4. The molecule has 0 spiro atoms. The monoisotopic (exact) mass is 1150 g/mol. The van der Waals surface area contributed by atoms with Crippen molar-refractivity contribution in [3.05, 3.63) is 85.2 Å². The molecule has 0 aliphatic carbocycles. The highest BCUT2D eigenvalue weighted by Crippen LogP contribution is 2.50. The lowest BCUT2D eigenvalue weighted by molar-refractivity contribution is -0.157. The van der Waals surface area contributed by atoms with Crippen molar-refractivity contribution in [2.24, 2.45) is 5.92 Å². The summed E-state index contributed by atoms with van der Waals surface area (Å²) in [5.41, 5.74) is -2.12. The topological polar surface area (TPSA) is 332 Å². The number of hydrogen-bond acceptors (Lipinski definition) is 19. The number of anilines is 2. The van der Waals surface area contributed by atoms with Crippen LogP contribution in [0.25, 0.3) is 11.2 Å². The number of hydrogen-bond donors (Lipinski definition) is 5. The summed E-state index contributed by atoms with van der Waals surface area (Å²) in [6.07, 6.45) is 2.59. The van der Waals surface area contributed by atoms with E-state index in [2.05, 4.69) is 41.6 Å². The number of Topliss-reactive ketones (excluding diaryl/α,β-unsaturated/α-hetero) is 1. The first-order valence-corrected chi connectivity index (χ1v) is 28.0. The number of aromatic amines is 2. The van der Waals surface area contributed by atoms with Gasteiger partial charge < -0.3 is 38.6 Å². The van der Waals surface area contributed by atoms with Crippen molar-refractivity contribution in [3.8, 4) is 6.07 Å². The van der Waals surface area contributed by atoms with Crippen LogP contribution >= 0.6 is 8.53 Å². The highest BCUT2D eigenvalue weighted by molar-refractivity contribution is 7.44. The maximum atomic E-state index is 13.6. The van der Waals surface area contributed by atoms with Crippen molar-refractivity contribution in [3.63, 3.8) is 0 Å². The molecule has 0 bridgehead atoms. The van der Waals surface area contributed by atoms with Crippen molar-refractivity contribution in [1.82, 2.24) is 39.5 Å². The number of H-pyrrole nitrogens is 2. The Hall–Kier alpha value is -6.65. The number of carbonyl (C=O) groups excluding carboxylic acids is 5. The van der Waals surface area contributed by atoms with Gasteiger partial charge in [-0.3, -0.25) is 48.6 Å². The molecule has 0 radical (unpaired) electrons. The molecule has 3 aromatic heterocycles. The fourth-order valence-corrected chi connectivity index (χ4v) is 10.3. The Morgan fingerprint density at radius 2 is 1.65 bits per heavy atom. The molecule has 26 heteroatoms. The van der Waals surface area contributed by atoms with Crippen LogP contribution in [0.5, 0.6) is 0 Å². The quantitative estimate of drug-likeness (QED) is 0.0215. The molecular weight excluding hydrogens is 1070 g/mol. The van der Waals surface area contributed by atoms with E-state index in [4.69, 9.17) is 31.2 Å². The van der Waals surface area contributed by atoms with E-state index in [1.165, 1.54) is 54.4 Å². The lowest BCUT2D eigenvalue weighted by atomic mass is 10.0. The zero-order valence-corrected chi connectivity index (χ0v) is 49.0. The average molecular weight is 1150 g/mol. The summed E-state index contributed by atoms with van der Waals surface area (Å²) in [5.74, 6) is -2.56. The van der Waals surface area contributed by atoms with Gasteiger partial charge in [0.1, 0.15) is 35.7 Å². The third-order valence-electron chi connectivity index (χ3n) is 12.4. The van der Waals surface area contributed by atoms with Crippen LogP contribution in [0.15, 0.2) is 57.1 Å². The number of ether oxygens (including phenoxy) is 3. The SMILES string of the molecule is [2H]OC[C@H]1O[C@@H](n2ccc(=O)[nH]c2=O)[C@@H](OCCCCCCCC(=O)CC[C@@H](NC(=O)c2ccc(N(Cc3cnc4nc(NC(=O)C(C)C)[nH]c(=O)c4n3)C(C)=O)cc2)C(=O)OC(C)(C)C)C1OP(OCCC#N)N(C(C)C)C(C)C.[3H]C. The van der Waals surface area contributed by atoms with E-state index in [0.717, 1.165) is 12.8 Å². The zero-order chi connectivity index (χ0) is 61.6. The summed E-state index contributed by atoms with van der Waals surface area (Å²) < 4.78 is 47.7. The maximum absolute atomic E-state index is 13.6. The molecule has 4 heterocycles. The molecule has 1 aliphatic rings. The summed E-state index contributed by atoms with van der Waals surface area (Å²) in [6, 6.07) is 8.11. The Kier molecular flexibility index (Phi) is 24.7. The van der Waals surface area contributed by atoms with Gasteiger partial charge in [-0.05, 0) is 92.0 Å². The second-order valence-electron chi connectivity index (χ2n) is 21.1. The minimum absolute atomic E-state index is 0.00382. The number of aliphatic hydroxyl groups is 1. The molecule has 1 fully saturated rings. The molecule has 5 N–H and O–H groups in total.